The first-order valence-electron chi connectivity index (χ1n) is 13.4. The first kappa shape index (κ1) is 27.7. The van der Waals surface area contributed by atoms with Crippen LogP contribution in [0, 0.1) is 0 Å². The largest absolute Gasteiger partial charge is 0.454 e. The summed E-state index contributed by atoms with van der Waals surface area (Å²) in [5.74, 6) is 0.414. The van der Waals surface area contributed by atoms with Crippen molar-refractivity contribution in [2.24, 2.45) is 0 Å². The summed E-state index contributed by atoms with van der Waals surface area (Å²) in [5, 5.41) is 9.40. The molecule has 1 aromatic heterocycles. The highest BCUT2D eigenvalue weighted by atomic mass is 32.2. The molecule has 9 nitrogen and oxygen atoms in total. The van der Waals surface area contributed by atoms with E-state index in [9.17, 15) is 14.4 Å². The SMILES string of the molecule is O=C(CSc1ccc(NC(=O)C(=Cc2c[nH]c3ccccc23)NC(=O)c2ccccc2)cc1)Nc1ccc2c(c1)OCO2. The second kappa shape index (κ2) is 12.6. The minimum absolute atomic E-state index is 0.0947. The number of hydrogen-bond acceptors (Lipinski definition) is 6. The molecule has 4 aromatic carbocycles. The monoisotopic (exact) mass is 590 g/mol. The maximum atomic E-state index is 13.4. The number of carbonyl (C=O) groups is 3. The molecule has 3 amide bonds. The fraction of sp³-hybridized carbons (Fsp3) is 0.0606. The van der Waals surface area contributed by atoms with Crippen LogP contribution in [0.25, 0.3) is 17.0 Å². The lowest BCUT2D eigenvalue weighted by atomic mass is 10.1. The number of anilines is 2. The number of ether oxygens (including phenoxy) is 2. The third-order valence-corrected chi connectivity index (χ3v) is 7.60. The van der Waals surface area contributed by atoms with Crippen LogP contribution in [0.4, 0.5) is 11.4 Å². The fourth-order valence-corrected chi connectivity index (χ4v) is 5.16. The van der Waals surface area contributed by atoms with Gasteiger partial charge in [-0.2, -0.15) is 0 Å². The predicted molar refractivity (Wildman–Crippen MR) is 167 cm³/mol. The molecule has 0 radical (unpaired) electrons. The Bertz CT molecular complexity index is 1830. The van der Waals surface area contributed by atoms with E-state index < -0.39 is 11.8 Å². The molecular formula is C33H26N4O5S. The van der Waals surface area contributed by atoms with Crippen molar-refractivity contribution in [2.75, 3.05) is 23.2 Å². The second-order valence-electron chi connectivity index (χ2n) is 9.55. The molecule has 0 spiro atoms. The molecule has 6 rings (SSSR count). The number of carbonyl (C=O) groups excluding carboxylic acids is 3. The highest BCUT2D eigenvalue weighted by Gasteiger charge is 2.17. The Morgan fingerprint density at radius 1 is 0.814 bits per heavy atom. The van der Waals surface area contributed by atoms with Crippen molar-refractivity contribution in [1.29, 1.82) is 0 Å². The Kier molecular flexibility index (Phi) is 8.10. The number of para-hydroxylation sites is 1. The van der Waals surface area contributed by atoms with E-state index in [0.717, 1.165) is 21.4 Å². The van der Waals surface area contributed by atoms with Crippen LogP contribution in [-0.2, 0) is 9.59 Å². The summed E-state index contributed by atoms with van der Waals surface area (Å²) in [5.41, 5.74) is 3.38. The number of nitrogens with one attached hydrogen (secondary N) is 4. The third-order valence-electron chi connectivity index (χ3n) is 6.59. The number of hydrogen-bond donors (Lipinski definition) is 4. The van der Waals surface area contributed by atoms with Crippen molar-refractivity contribution in [3.8, 4) is 11.5 Å². The van der Waals surface area contributed by atoms with E-state index in [4.69, 9.17) is 9.47 Å². The molecule has 1 aliphatic heterocycles. The number of thioether (sulfide) groups is 1. The number of H-pyrrole nitrogens is 1. The summed E-state index contributed by atoms with van der Waals surface area (Å²) in [6.45, 7) is 0.170. The standard InChI is InChI=1S/C33H26N4O5S/c38-31(35-24-12-15-29-30(17-24)42-20-41-29)19-43-25-13-10-23(11-14-25)36-33(40)28(37-32(39)21-6-2-1-3-7-21)16-22-18-34-27-9-5-4-8-26(22)27/h1-18,34H,19-20H2,(H,35,38)(H,36,40)(H,37,39). The predicted octanol–water partition coefficient (Wildman–Crippen LogP) is 6.04. The van der Waals surface area contributed by atoms with E-state index >= 15 is 0 Å². The Balaban J connectivity index is 1.11. The highest BCUT2D eigenvalue weighted by Crippen LogP contribution is 2.34. The summed E-state index contributed by atoms with van der Waals surface area (Å²) < 4.78 is 10.6. The van der Waals surface area contributed by atoms with E-state index in [0.29, 0.717) is 28.4 Å². The van der Waals surface area contributed by atoms with Gasteiger partial charge in [-0.15, -0.1) is 11.8 Å². The summed E-state index contributed by atoms with van der Waals surface area (Å²) in [7, 11) is 0. The zero-order valence-corrected chi connectivity index (χ0v) is 23.6. The Hall–Kier alpha value is -5.48. The van der Waals surface area contributed by atoms with Crippen LogP contribution in [0.1, 0.15) is 15.9 Å². The van der Waals surface area contributed by atoms with Gasteiger partial charge in [0.25, 0.3) is 11.8 Å². The first-order chi connectivity index (χ1) is 21.0. The van der Waals surface area contributed by atoms with Crippen molar-refractivity contribution in [2.45, 2.75) is 4.90 Å². The summed E-state index contributed by atoms with van der Waals surface area (Å²) in [4.78, 5) is 42.9. The van der Waals surface area contributed by atoms with Crippen molar-refractivity contribution < 1.29 is 23.9 Å². The Labute approximate surface area is 251 Å². The van der Waals surface area contributed by atoms with Gasteiger partial charge in [0.2, 0.25) is 12.7 Å². The molecule has 4 N–H and O–H groups in total. The van der Waals surface area contributed by atoms with E-state index in [1.807, 2.05) is 42.5 Å². The maximum absolute atomic E-state index is 13.4. The average molecular weight is 591 g/mol. The molecule has 1 aliphatic rings. The van der Waals surface area contributed by atoms with Gasteiger partial charge in [-0.1, -0.05) is 36.4 Å². The van der Waals surface area contributed by atoms with Gasteiger partial charge < -0.3 is 30.4 Å². The molecule has 0 saturated heterocycles. The third kappa shape index (κ3) is 6.71. The number of aromatic nitrogens is 1. The van der Waals surface area contributed by atoms with Gasteiger partial charge in [-0.05, 0) is 60.7 Å². The van der Waals surface area contributed by atoms with Gasteiger partial charge in [0, 0.05) is 50.6 Å². The fourth-order valence-electron chi connectivity index (χ4n) is 4.46. The summed E-state index contributed by atoms with van der Waals surface area (Å²) >= 11 is 1.36. The van der Waals surface area contributed by atoms with Gasteiger partial charge in [0.15, 0.2) is 11.5 Å². The van der Waals surface area contributed by atoms with Gasteiger partial charge in [-0.3, -0.25) is 14.4 Å². The number of amides is 3. The van der Waals surface area contributed by atoms with Crippen molar-refractivity contribution in [3.05, 3.63) is 120 Å². The Morgan fingerprint density at radius 3 is 2.40 bits per heavy atom. The molecule has 0 bridgehead atoms. The quantitative estimate of drug-likeness (QED) is 0.123. The van der Waals surface area contributed by atoms with Gasteiger partial charge in [0.05, 0.1) is 5.75 Å². The van der Waals surface area contributed by atoms with Crippen molar-refractivity contribution >= 4 is 57.8 Å². The lowest BCUT2D eigenvalue weighted by molar-refractivity contribution is -0.114. The molecule has 0 aliphatic carbocycles. The van der Waals surface area contributed by atoms with Crippen LogP contribution in [0.2, 0.25) is 0 Å². The van der Waals surface area contributed by atoms with E-state index in [1.165, 1.54) is 11.8 Å². The van der Waals surface area contributed by atoms with Crippen LogP contribution in [0.5, 0.6) is 11.5 Å². The molecule has 214 valence electrons. The number of aromatic amines is 1. The molecule has 2 heterocycles. The molecular weight excluding hydrogens is 564 g/mol. The molecule has 10 heteroatoms. The first-order valence-corrected chi connectivity index (χ1v) is 14.4. The van der Waals surface area contributed by atoms with Gasteiger partial charge in [0.1, 0.15) is 5.70 Å². The van der Waals surface area contributed by atoms with E-state index in [2.05, 4.69) is 20.9 Å². The lowest BCUT2D eigenvalue weighted by Gasteiger charge is -2.12. The Morgan fingerprint density at radius 2 is 1.56 bits per heavy atom. The van der Waals surface area contributed by atoms with Crippen LogP contribution in [0.15, 0.2) is 114 Å². The minimum atomic E-state index is -0.474. The molecule has 43 heavy (non-hydrogen) atoms. The number of benzene rings is 4. The molecule has 0 atom stereocenters. The second-order valence-corrected chi connectivity index (χ2v) is 10.6. The van der Waals surface area contributed by atoms with Crippen LogP contribution in [-0.4, -0.2) is 35.3 Å². The van der Waals surface area contributed by atoms with Crippen LogP contribution < -0.4 is 25.4 Å². The normalized spacial score (nSPS) is 12.1. The zero-order chi connectivity index (χ0) is 29.6. The molecule has 0 saturated carbocycles. The van der Waals surface area contributed by atoms with Crippen molar-refractivity contribution in [3.63, 3.8) is 0 Å². The topological polar surface area (TPSA) is 122 Å². The number of rotatable bonds is 9. The van der Waals surface area contributed by atoms with E-state index in [1.54, 1.807) is 66.9 Å². The molecule has 5 aromatic rings. The molecule has 0 unspecified atom stereocenters. The zero-order valence-electron chi connectivity index (χ0n) is 22.8. The molecule has 0 fully saturated rings. The summed E-state index contributed by atoms with van der Waals surface area (Å²) in [6, 6.07) is 28.8. The summed E-state index contributed by atoms with van der Waals surface area (Å²) in [6.07, 6.45) is 3.44. The van der Waals surface area contributed by atoms with Crippen LogP contribution in [0.3, 0.4) is 0 Å². The smallest absolute Gasteiger partial charge is 0.272 e. The minimum Gasteiger partial charge on any atom is -0.454 e. The van der Waals surface area contributed by atoms with Gasteiger partial charge >= 0.3 is 0 Å². The lowest BCUT2D eigenvalue weighted by Crippen LogP contribution is -2.30. The van der Waals surface area contributed by atoms with Crippen LogP contribution >= 0.6 is 11.8 Å². The maximum Gasteiger partial charge on any atom is 0.272 e. The van der Waals surface area contributed by atoms with Crippen molar-refractivity contribution in [1.82, 2.24) is 10.3 Å². The average Bonchev–Trinajstić information content (AvgIpc) is 3.67. The van der Waals surface area contributed by atoms with Gasteiger partial charge in [-0.25, -0.2) is 0 Å². The highest BCUT2D eigenvalue weighted by molar-refractivity contribution is 8.00. The van der Waals surface area contributed by atoms with E-state index in [-0.39, 0.29) is 24.2 Å². The number of fused-ring (bicyclic) bond motifs is 2.